The van der Waals surface area contributed by atoms with E-state index in [0.717, 1.165) is 5.69 Å². The maximum absolute atomic E-state index is 9.22. The Kier molecular flexibility index (Phi) is 4.75. The number of pyridine rings is 1. The molecule has 0 aromatic carbocycles. The van der Waals surface area contributed by atoms with Crippen LogP contribution in [0, 0.1) is 0 Å². The average molecular weight is 307 g/mol. The number of hydrogen-bond donors (Lipinski definition) is 2. The van der Waals surface area contributed by atoms with E-state index in [0.29, 0.717) is 27.2 Å². The number of thioether (sulfide) groups is 1. The fourth-order valence-corrected chi connectivity index (χ4v) is 2.87. The molecular weight excluding hydrogens is 295 g/mol. The molecule has 0 aliphatic heterocycles. The lowest BCUT2D eigenvalue weighted by Gasteiger charge is -2.04. The molecule has 0 radical (unpaired) electrons. The minimum atomic E-state index is -0.690. The van der Waals surface area contributed by atoms with Crippen molar-refractivity contribution in [3.63, 3.8) is 0 Å². The Morgan fingerprint density at radius 3 is 2.89 bits per heavy atom. The number of fused-ring (bicyclic) bond motifs is 1. The van der Waals surface area contributed by atoms with E-state index in [1.807, 2.05) is 6.20 Å². The molecular formula is C11H12Cl2N2O2S. The van der Waals surface area contributed by atoms with Crippen LogP contribution in [-0.4, -0.2) is 38.1 Å². The minimum Gasteiger partial charge on any atom is -0.394 e. The second-order valence-corrected chi connectivity index (χ2v) is 5.69. The van der Waals surface area contributed by atoms with Crippen molar-refractivity contribution in [3.8, 4) is 0 Å². The summed E-state index contributed by atoms with van der Waals surface area (Å²) in [6.45, 7) is -0.223. The molecule has 7 heteroatoms. The van der Waals surface area contributed by atoms with Crippen LogP contribution in [0.2, 0.25) is 10.0 Å². The number of imidazole rings is 1. The van der Waals surface area contributed by atoms with E-state index >= 15 is 0 Å². The summed E-state index contributed by atoms with van der Waals surface area (Å²) in [4.78, 5) is 4.38. The van der Waals surface area contributed by atoms with Gasteiger partial charge in [0.05, 0.1) is 28.5 Å². The first-order valence-corrected chi connectivity index (χ1v) is 7.20. The second kappa shape index (κ2) is 6.12. The van der Waals surface area contributed by atoms with Gasteiger partial charge >= 0.3 is 0 Å². The van der Waals surface area contributed by atoms with E-state index in [4.69, 9.17) is 28.3 Å². The van der Waals surface area contributed by atoms with E-state index in [2.05, 4.69) is 4.98 Å². The van der Waals surface area contributed by atoms with Crippen molar-refractivity contribution in [2.24, 2.45) is 0 Å². The Labute approximate surface area is 119 Å². The molecule has 2 N–H and O–H groups in total. The Bertz CT molecular complexity index is 547. The first-order valence-electron chi connectivity index (χ1n) is 5.29. The predicted octanol–water partition coefficient (Wildman–Crippen LogP) is 2.23. The highest BCUT2D eigenvalue weighted by Crippen LogP contribution is 2.23. The number of nitrogens with zero attached hydrogens (tertiary/aromatic N) is 2. The van der Waals surface area contributed by atoms with Gasteiger partial charge in [-0.25, -0.2) is 4.98 Å². The normalized spacial score (nSPS) is 13.1. The van der Waals surface area contributed by atoms with Crippen molar-refractivity contribution in [2.75, 3.05) is 12.4 Å². The summed E-state index contributed by atoms with van der Waals surface area (Å²) in [7, 11) is 0. The van der Waals surface area contributed by atoms with Crippen LogP contribution in [0.15, 0.2) is 18.5 Å². The number of hydrogen-bond acceptors (Lipinski definition) is 4. The summed E-state index contributed by atoms with van der Waals surface area (Å²) in [6.07, 6.45) is 2.91. The molecule has 2 aromatic heterocycles. The molecule has 1 unspecified atom stereocenters. The van der Waals surface area contributed by atoms with E-state index in [1.165, 1.54) is 11.8 Å². The fraction of sp³-hybridized carbons (Fsp3) is 0.364. The van der Waals surface area contributed by atoms with Gasteiger partial charge in [0.2, 0.25) is 0 Å². The zero-order valence-electron chi connectivity index (χ0n) is 9.38. The first-order chi connectivity index (χ1) is 8.60. The molecule has 2 rings (SSSR count). The van der Waals surface area contributed by atoms with Crippen LogP contribution in [0.4, 0.5) is 0 Å². The summed E-state index contributed by atoms with van der Waals surface area (Å²) in [5.41, 5.74) is 1.52. The van der Waals surface area contributed by atoms with Gasteiger partial charge in [0, 0.05) is 23.9 Å². The molecule has 0 saturated heterocycles. The molecule has 0 fully saturated rings. The fourth-order valence-electron chi connectivity index (χ4n) is 1.50. The van der Waals surface area contributed by atoms with E-state index in [9.17, 15) is 5.11 Å². The maximum Gasteiger partial charge on any atom is 0.155 e. The molecule has 1 atom stereocenters. The highest BCUT2D eigenvalue weighted by atomic mass is 35.5. The summed E-state index contributed by atoms with van der Waals surface area (Å²) in [5.74, 6) is 1.12. The van der Waals surface area contributed by atoms with Crippen LogP contribution < -0.4 is 0 Å². The Morgan fingerprint density at radius 2 is 2.17 bits per heavy atom. The van der Waals surface area contributed by atoms with Gasteiger partial charge < -0.3 is 14.6 Å². The van der Waals surface area contributed by atoms with Crippen molar-refractivity contribution in [1.82, 2.24) is 9.38 Å². The monoisotopic (exact) mass is 306 g/mol. The van der Waals surface area contributed by atoms with Crippen LogP contribution in [0.5, 0.6) is 0 Å². The highest BCUT2D eigenvalue weighted by Gasteiger charge is 2.08. The Morgan fingerprint density at radius 1 is 1.39 bits per heavy atom. The summed E-state index contributed by atoms with van der Waals surface area (Å²) < 4.78 is 1.78. The molecule has 18 heavy (non-hydrogen) atoms. The molecule has 0 bridgehead atoms. The predicted molar refractivity (Wildman–Crippen MR) is 74.5 cm³/mol. The lowest BCUT2D eigenvalue weighted by molar-refractivity contribution is 0.113. The van der Waals surface area contributed by atoms with Crippen LogP contribution in [0.1, 0.15) is 5.69 Å². The topological polar surface area (TPSA) is 57.8 Å². The molecule has 98 valence electrons. The number of rotatable bonds is 5. The molecule has 0 saturated carbocycles. The number of aliphatic hydroxyl groups is 2. The van der Waals surface area contributed by atoms with Gasteiger partial charge in [-0.05, 0) is 6.07 Å². The lowest BCUT2D eigenvalue weighted by atomic mass is 10.4. The zero-order valence-corrected chi connectivity index (χ0v) is 11.7. The van der Waals surface area contributed by atoms with Gasteiger partial charge in [-0.15, -0.1) is 0 Å². The van der Waals surface area contributed by atoms with Crippen molar-refractivity contribution in [1.29, 1.82) is 0 Å². The second-order valence-electron chi connectivity index (χ2n) is 3.82. The quantitative estimate of drug-likeness (QED) is 0.889. The third-order valence-corrected chi connectivity index (χ3v) is 3.90. The summed E-state index contributed by atoms with van der Waals surface area (Å²) in [5, 5.41) is 19.0. The van der Waals surface area contributed by atoms with Gasteiger partial charge in [-0.3, -0.25) is 0 Å². The Balaban J connectivity index is 2.08. The first kappa shape index (κ1) is 14.0. The van der Waals surface area contributed by atoms with Crippen molar-refractivity contribution in [2.45, 2.75) is 11.9 Å². The summed E-state index contributed by atoms with van der Waals surface area (Å²) >= 11 is 13.4. The highest BCUT2D eigenvalue weighted by molar-refractivity contribution is 7.98. The number of aromatic nitrogens is 2. The summed E-state index contributed by atoms with van der Waals surface area (Å²) in [6, 6.07) is 1.65. The molecule has 4 nitrogen and oxygen atoms in total. The minimum absolute atomic E-state index is 0.223. The van der Waals surface area contributed by atoms with Crippen molar-refractivity contribution < 1.29 is 10.2 Å². The van der Waals surface area contributed by atoms with Crippen LogP contribution in [0.3, 0.4) is 0 Å². The Hall–Kier alpha value is -0.460. The van der Waals surface area contributed by atoms with Gasteiger partial charge in [0.1, 0.15) is 0 Å². The maximum atomic E-state index is 9.22. The van der Waals surface area contributed by atoms with Gasteiger partial charge in [-0.2, -0.15) is 11.8 Å². The molecule has 0 aliphatic rings. The van der Waals surface area contributed by atoms with Crippen molar-refractivity contribution >= 4 is 40.6 Å². The van der Waals surface area contributed by atoms with Crippen LogP contribution >= 0.6 is 35.0 Å². The van der Waals surface area contributed by atoms with E-state index < -0.39 is 6.10 Å². The van der Waals surface area contributed by atoms with Gasteiger partial charge in [-0.1, -0.05) is 23.2 Å². The van der Waals surface area contributed by atoms with Crippen LogP contribution in [-0.2, 0) is 5.75 Å². The van der Waals surface area contributed by atoms with Crippen LogP contribution in [0.25, 0.3) is 5.65 Å². The smallest absolute Gasteiger partial charge is 0.155 e. The third-order valence-electron chi connectivity index (χ3n) is 2.29. The SMILES string of the molecule is OCC(O)CSCc1cn2cc(Cl)cc(Cl)c2n1. The zero-order chi connectivity index (χ0) is 13.1. The third kappa shape index (κ3) is 3.30. The van der Waals surface area contributed by atoms with E-state index in [1.54, 1.807) is 16.7 Å². The largest absolute Gasteiger partial charge is 0.394 e. The van der Waals surface area contributed by atoms with Crippen molar-refractivity contribution in [3.05, 3.63) is 34.2 Å². The molecule has 2 heterocycles. The molecule has 0 spiro atoms. The van der Waals surface area contributed by atoms with E-state index in [-0.39, 0.29) is 6.61 Å². The number of halogens is 2. The molecule has 2 aromatic rings. The standard InChI is InChI=1S/C11H12Cl2N2O2S/c12-7-1-10(13)11-14-8(3-15(11)2-7)5-18-6-9(17)4-16/h1-3,9,16-17H,4-6H2. The molecule has 0 amide bonds. The van der Waals surface area contributed by atoms with Gasteiger partial charge in [0.15, 0.2) is 5.65 Å². The lowest BCUT2D eigenvalue weighted by Crippen LogP contribution is -2.14. The molecule has 0 aliphatic carbocycles. The average Bonchev–Trinajstić information content (AvgIpc) is 2.72. The number of aliphatic hydroxyl groups excluding tert-OH is 2. The van der Waals surface area contributed by atoms with Gasteiger partial charge in [0.25, 0.3) is 0 Å².